The Morgan fingerprint density at radius 3 is 2.80 bits per heavy atom. The van der Waals surface area contributed by atoms with E-state index in [1.165, 1.54) is 0 Å². The molecular formula is C17H21N7O. The number of hydrogen-bond donors (Lipinski definition) is 0. The van der Waals surface area contributed by atoms with Gasteiger partial charge in [-0.25, -0.2) is 9.97 Å². The fourth-order valence-corrected chi connectivity index (χ4v) is 3.47. The van der Waals surface area contributed by atoms with Crippen LogP contribution in [0.15, 0.2) is 31.0 Å². The van der Waals surface area contributed by atoms with Crippen LogP contribution in [0.25, 0.3) is 11.0 Å². The van der Waals surface area contributed by atoms with E-state index in [9.17, 15) is 4.79 Å². The van der Waals surface area contributed by atoms with Crippen LogP contribution in [0.2, 0.25) is 0 Å². The summed E-state index contributed by atoms with van der Waals surface area (Å²) in [5.41, 5.74) is 1.56. The lowest BCUT2D eigenvalue weighted by atomic mass is 10.1. The van der Waals surface area contributed by atoms with Crippen molar-refractivity contribution in [2.24, 2.45) is 14.1 Å². The molecule has 8 nitrogen and oxygen atoms in total. The van der Waals surface area contributed by atoms with Crippen molar-refractivity contribution < 1.29 is 4.79 Å². The maximum Gasteiger partial charge on any atom is 0.257 e. The maximum absolute atomic E-state index is 12.7. The van der Waals surface area contributed by atoms with Crippen molar-refractivity contribution in [3.63, 3.8) is 0 Å². The molecule has 1 atom stereocenters. The molecule has 0 bridgehead atoms. The van der Waals surface area contributed by atoms with E-state index in [1.54, 1.807) is 23.4 Å². The van der Waals surface area contributed by atoms with Gasteiger partial charge in [-0.3, -0.25) is 9.48 Å². The summed E-state index contributed by atoms with van der Waals surface area (Å²) in [7, 11) is 3.80. The standard InChI is InChI=1S/C17H21N7O/c1-12-9-23(16-14-4-5-21(2)15(14)18-11-19-16)6-7-24(12)17(25)13-8-20-22(3)10-13/h4-5,8,10-12H,6-7,9H2,1-3H3. The minimum absolute atomic E-state index is 0.0350. The van der Waals surface area contributed by atoms with Crippen LogP contribution in [0.1, 0.15) is 17.3 Å². The quantitative estimate of drug-likeness (QED) is 0.698. The van der Waals surface area contributed by atoms with Gasteiger partial charge in [-0.2, -0.15) is 5.10 Å². The average molecular weight is 339 g/mol. The summed E-state index contributed by atoms with van der Waals surface area (Å²) in [4.78, 5) is 25.7. The number of hydrogen-bond acceptors (Lipinski definition) is 5. The van der Waals surface area contributed by atoms with Gasteiger partial charge in [-0.1, -0.05) is 0 Å². The fourth-order valence-electron chi connectivity index (χ4n) is 3.47. The molecule has 1 amide bonds. The number of nitrogens with zero attached hydrogens (tertiary/aromatic N) is 7. The van der Waals surface area contributed by atoms with Gasteiger partial charge >= 0.3 is 0 Å². The molecule has 3 aromatic rings. The van der Waals surface area contributed by atoms with Crippen molar-refractivity contribution in [1.82, 2.24) is 29.2 Å². The van der Waals surface area contributed by atoms with Crippen molar-refractivity contribution in [3.05, 3.63) is 36.5 Å². The van der Waals surface area contributed by atoms with Gasteiger partial charge in [-0.15, -0.1) is 0 Å². The molecule has 0 aliphatic carbocycles. The summed E-state index contributed by atoms with van der Waals surface area (Å²) in [6.07, 6.45) is 6.99. The first-order chi connectivity index (χ1) is 12.0. The summed E-state index contributed by atoms with van der Waals surface area (Å²) in [5.74, 6) is 0.971. The zero-order valence-corrected chi connectivity index (χ0v) is 14.6. The minimum Gasteiger partial charge on any atom is -0.352 e. The van der Waals surface area contributed by atoms with Gasteiger partial charge in [0.2, 0.25) is 0 Å². The zero-order valence-electron chi connectivity index (χ0n) is 14.6. The van der Waals surface area contributed by atoms with Crippen molar-refractivity contribution in [2.45, 2.75) is 13.0 Å². The molecule has 8 heteroatoms. The van der Waals surface area contributed by atoms with Crippen LogP contribution >= 0.6 is 0 Å². The molecule has 3 aromatic heterocycles. The second-order valence-electron chi connectivity index (χ2n) is 6.56. The highest BCUT2D eigenvalue weighted by Crippen LogP contribution is 2.26. The number of anilines is 1. The van der Waals surface area contributed by atoms with Gasteiger partial charge in [-0.05, 0) is 13.0 Å². The van der Waals surface area contributed by atoms with Crippen LogP contribution < -0.4 is 4.90 Å². The third kappa shape index (κ3) is 2.63. The van der Waals surface area contributed by atoms with Gasteiger partial charge in [0.1, 0.15) is 17.8 Å². The van der Waals surface area contributed by atoms with E-state index >= 15 is 0 Å². The summed E-state index contributed by atoms with van der Waals surface area (Å²) < 4.78 is 3.65. The monoisotopic (exact) mass is 339 g/mol. The Morgan fingerprint density at radius 1 is 1.24 bits per heavy atom. The molecule has 0 spiro atoms. The first-order valence-corrected chi connectivity index (χ1v) is 8.35. The molecule has 25 heavy (non-hydrogen) atoms. The Morgan fingerprint density at radius 2 is 2.08 bits per heavy atom. The van der Waals surface area contributed by atoms with Gasteiger partial charge < -0.3 is 14.4 Å². The van der Waals surface area contributed by atoms with Gasteiger partial charge in [0.25, 0.3) is 5.91 Å². The van der Waals surface area contributed by atoms with Gasteiger partial charge in [0, 0.05) is 52.2 Å². The maximum atomic E-state index is 12.7. The van der Waals surface area contributed by atoms with Crippen LogP contribution in [-0.4, -0.2) is 60.8 Å². The predicted octanol–water partition coefficient (Wildman–Crippen LogP) is 1.05. The number of amides is 1. The lowest BCUT2D eigenvalue weighted by Gasteiger charge is -2.40. The van der Waals surface area contributed by atoms with Crippen molar-refractivity contribution in [1.29, 1.82) is 0 Å². The van der Waals surface area contributed by atoms with Crippen LogP contribution in [0, 0.1) is 0 Å². The highest BCUT2D eigenvalue weighted by molar-refractivity contribution is 5.94. The van der Waals surface area contributed by atoms with Crippen LogP contribution in [0.4, 0.5) is 5.82 Å². The van der Waals surface area contributed by atoms with Crippen LogP contribution in [0.3, 0.4) is 0 Å². The van der Waals surface area contributed by atoms with E-state index in [-0.39, 0.29) is 11.9 Å². The molecule has 4 rings (SSSR count). The third-order valence-corrected chi connectivity index (χ3v) is 4.78. The molecule has 0 saturated carbocycles. The van der Waals surface area contributed by atoms with E-state index in [4.69, 9.17) is 0 Å². The first-order valence-electron chi connectivity index (χ1n) is 8.35. The summed E-state index contributed by atoms with van der Waals surface area (Å²) in [5, 5.41) is 5.14. The summed E-state index contributed by atoms with van der Waals surface area (Å²) in [6, 6.07) is 2.14. The molecule has 0 N–H and O–H groups in total. The number of fused-ring (bicyclic) bond motifs is 1. The molecule has 1 aliphatic rings. The fraction of sp³-hybridized carbons (Fsp3) is 0.412. The number of carbonyl (C=O) groups excluding carboxylic acids is 1. The lowest BCUT2D eigenvalue weighted by Crippen LogP contribution is -2.54. The Balaban J connectivity index is 1.56. The number of aromatic nitrogens is 5. The van der Waals surface area contributed by atoms with E-state index in [0.29, 0.717) is 12.1 Å². The Labute approximate surface area is 145 Å². The normalized spacial score (nSPS) is 18.1. The molecular weight excluding hydrogens is 318 g/mol. The van der Waals surface area contributed by atoms with E-state index in [1.807, 2.05) is 35.8 Å². The van der Waals surface area contributed by atoms with E-state index in [2.05, 4.69) is 26.9 Å². The number of piperazine rings is 1. The molecule has 0 radical (unpaired) electrons. The summed E-state index contributed by atoms with van der Waals surface area (Å²) in [6.45, 7) is 4.22. The minimum atomic E-state index is 0.0350. The topological polar surface area (TPSA) is 72.1 Å². The molecule has 130 valence electrons. The second-order valence-corrected chi connectivity index (χ2v) is 6.56. The van der Waals surface area contributed by atoms with E-state index in [0.717, 1.165) is 29.9 Å². The predicted molar refractivity (Wildman–Crippen MR) is 94.4 cm³/mol. The highest BCUT2D eigenvalue weighted by Gasteiger charge is 2.30. The highest BCUT2D eigenvalue weighted by atomic mass is 16.2. The largest absolute Gasteiger partial charge is 0.352 e. The average Bonchev–Trinajstić information content (AvgIpc) is 3.20. The SMILES string of the molecule is CC1CN(c2ncnc3c2ccn3C)CCN1C(=O)c1cnn(C)c1. The van der Waals surface area contributed by atoms with E-state index < -0.39 is 0 Å². The molecule has 1 unspecified atom stereocenters. The third-order valence-electron chi connectivity index (χ3n) is 4.78. The smallest absolute Gasteiger partial charge is 0.257 e. The lowest BCUT2D eigenvalue weighted by molar-refractivity contribution is 0.0674. The van der Waals surface area contributed by atoms with Gasteiger partial charge in [0.05, 0.1) is 17.1 Å². The molecule has 4 heterocycles. The summed E-state index contributed by atoms with van der Waals surface area (Å²) >= 11 is 0. The molecule has 1 saturated heterocycles. The van der Waals surface area contributed by atoms with Crippen LogP contribution in [-0.2, 0) is 14.1 Å². The number of rotatable bonds is 2. The van der Waals surface area contributed by atoms with Crippen molar-refractivity contribution >= 4 is 22.8 Å². The molecule has 1 fully saturated rings. The Bertz CT molecular complexity index is 928. The van der Waals surface area contributed by atoms with Crippen molar-refractivity contribution in [2.75, 3.05) is 24.5 Å². The Hall–Kier alpha value is -2.90. The number of carbonyl (C=O) groups is 1. The Kier molecular flexibility index (Phi) is 3.67. The number of aryl methyl sites for hydroxylation is 2. The van der Waals surface area contributed by atoms with Crippen LogP contribution in [0.5, 0.6) is 0 Å². The second kappa shape index (κ2) is 5.87. The van der Waals surface area contributed by atoms with Gasteiger partial charge in [0.15, 0.2) is 0 Å². The molecule has 1 aliphatic heterocycles. The molecule has 0 aromatic carbocycles. The first kappa shape index (κ1) is 15.6. The zero-order chi connectivity index (χ0) is 17.6. The van der Waals surface area contributed by atoms with Crippen molar-refractivity contribution in [3.8, 4) is 0 Å².